The Balaban J connectivity index is 2.11. The fourth-order valence-electron chi connectivity index (χ4n) is 2.63. The summed E-state index contributed by atoms with van der Waals surface area (Å²) in [7, 11) is 0. The van der Waals surface area contributed by atoms with Gasteiger partial charge in [-0.25, -0.2) is 0 Å². The van der Waals surface area contributed by atoms with Crippen molar-refractivity contribution < 1.29 is 9.90 Å². The second-order valence-corrected chi connectivity index (χ2v) is 7.25. The van der Waals surface area contributed by atoms with Crippen LogP contribution in [-0.4, -0.2) is 20.7 Å². The molecule has 0 aliphatic heterocycles. The lowest BCUT2D eigenvalue weighted by atomic mass is 9.76. The number of carboxylic acids is 1. The van der Waals surface area contributed by atoms with E-state index in [1.54, 1.807) is 0 Å². The molecule has 1 N–H and O–H groups in total. The number of carbonyl (C=O) groups is 1. The van der Waals surface area contributed by atoms with Crippen LogP contribution in [-0.2, 0) is 11.2 Å². The summed E-state index contributed by atoms with van der Waals surface area (Å²) in [6, 6.07) is 10.1. The van der Waals surface area contributed by atoms with E-state index in [-0.39, 0.29) is 16.7 Å². The molecule has 1 saturated carbocycles. The standard InChI is InChI=1S/C14H16Br2O2/c15-12-7-10(6-9-4-2-1-3-5-9)11(14(17)18)8-13(12)16/h1-5,10-13H,6-8H2,(H,17,18)/t10-,11+,12-,13+/m0/s1. The molecule has 0 unspecified atom stereocenters. The maximum Gasteiger partial charge on any atom is 0.306 e. The van der Waals surface area contributed by atoms with Crippen LogP contribution in [0.3, 0.4) is 0 Å². The number of aliphatic carboxylic acids is 1. The molecule has 18 heavy (non-hydrogen) atoms. The summed E-state index contributed by atoms with van der Waals surface area (Å²) in [6.45, 7) is 0. The van der Waals surface area contributed by atoms with Crippen LogP contribution < -0.4 is 0 Å². The van der Waals surface area contributed by atoms with Crippen molar-refractivity contribution in [2.75, 3.05) is 0 Å². The third kappa shape index (κ3) is 3.35. The topological polar surface area (TPSA) is 37.3 Å². The quantitative estimate of drug-likeness (QED) is 0.814. The van der Waals surface area contributed by atoms with Gasteiger partial charge in [-0.05, 0) is 30.7 Å². The summed E-state index contributed by atoms with van der Waals surface area (Å²) in [5.74, 6) is -0.703. The molecule has 0 aromatic heterocycles. The Morgan fingerprint density at radius 1 is 1.17 bits per heavy atom. The summed E-state index contributed by atoms with van der Waals surface area (Å²) < 4.78 is 0. The Labute approximate surface area is 124 Å². The summed E-state index contributed by atoms with van der Waals surface area (Å²) >= 11 is 7.21. The van der Waals surface area contributed by atoms with E-state index in [1.165, 1.54) is 5.56 Å². The number of rotatable bonds is 3. The van der Waals surface area contributed by atoms with Crippen molar-refractivity contribution in [1.29, 1.82) is 0 Å². The van der Waals surface area contributed by atoms with Crippen molar-refractivity contribution in [1.82, 2.24) is 0 Å². The first kappa shape index (κ1) is 14.1. The normalized spacial score (nSPS) is 32.1. The Morgan fingerprint density at radius 2 is 1.78 bits per heavy atom. The predicted molar refractivity (Wildman–Crippen MR) is 79.4 cm³/mol. The molecule has 0 amide bonds. The largest absolute Gasteiger partial charge is 0.481 e. The van der Waals surface area contributed by atoms with Crippen LogP contribution in [0.15, 0.2) is 30.3 Å². The highest BCUT2D eigenvalue weighted by atomic mass is 79.9. The molecule has 0 saturated heterocycles. The SMILES string of the molecule is O=C(O)[C@@H]1C[C@@H](Br)[C@@H](Br)C[C@@H]1Cc1ccccc1. The van der Waals surface area contributed by atoms with E-state index in [2.05, 4.69) is 44.0 Å². The highest BCUT2D eigenvalue weighted by Gasteiger charge is 2.38. The van der Waals surface area contributed by atoms with Crippen LogP contribution in [0.1, 0.15) is 18.4 Å². The van der Waals surface area contributed by atoms with Crippen LogP contribution in [0.25, 0.3) is 0 Å². The number of benzene rings is 1. The lowest BCUT2D eigenvalue weighted by Gasteiger charge is -2.35. The molecule has 1 aromatic carbocycles. The first-order chi connectivity index (χ1) is 8.58. The highest BCUT2D eigenvalue weighted by molar-refractivity contribution is 9.12. The van der Waals surface area contributed by atoms with E-state index in [9.17, 15) is 9.90 Å². The molecule has 2 nitrogen and oxygen atoms in total. The molecular weight excluding hydrogens is 360 g/mol. The van der Waals surface area contributed by atoms with Gasteiger partial charge in [-0.1, -0.05) is 62.2 Å². The number of hydrogen-bond acceptors (Lipinski definition) is 1. The van der Waals surface area contributed by atoms with Gasteiger partial charge in [-0.3, -0.25) is 4.79 Å². The van der Waals surface area contributed by atoms with Crippen LogP contribution >= 0.6 is 31.9 Å². The fourth-order valence-corrected chi connectivity index (χ4v) is 3.94. The molecule has 1 aliphatic carbocycles. The number of hydrogen-bond donors (Lipinski definition) is 1. The Bertz CT molecular complexity index is 408. The van der Waals surface area contributed by atoms with Crippen molar-refractivity contribution in [3.63, 3.8) is 0 Å². The minimum Gasteiger partial charge on any atom is -0.481 e. The molecule has 4 atom stereocenters. The van der Waals surface area contributed by atoms with Gasteiger partial charge in [0, 0.05) is 9.65 Å². The second-order valence-electron chi connectivity index (χ2n) is 4.90. The molecule has 0 spiro atoms. The van der Waals surface area contributed by atoms with Crippen LogP contribution in [0, 0.1) is 11.8 Å². The van der Waals surface area contributed by atoms with Gasteiger partial charge in [0.25, 0.3) is 0 Å². The molecule has 1 fully saturated rings. The second kappa shape index (κ2) is 6.20. The number of carboxylic acid groups (broad SMARTS) is 1. The smallest absolute Gasteiger partial charge is 0.306 e. The Kier molecular flexibility index (Phi) is 4.84. The first-order valence-corrected chi connectivity index (χ1v) is 7.96. The van der Waals surface area contributed by atoms with Gasteiger partial charge >= 0.3 is 5.97 Å². The monoisotopic (exact) mass is 374 g/mol. The van der Waals surface area contributed by atoms with Crippen molar-refractivity contribution in [2.24, 2.45) is 11.8 Å². The minimum atomic E-state index is -0.667. The predicted octanol–water partition coefficient (Wildman–Crippen LogP) is 3.87. The summed E-state index contributed by atoms with van der Waals surface area (Å²) in [5, 5.41) is 9.35. The van der Waals surface area contributed by atoms with Crippen molar-refractivity contribution in [2.45, 2.75) is 28.9 Å². The molecule has 2 rings (SSSR count). The van der Waals surface area contributed by atoms with Crippen molar-refractivity contribution >= 4 is 37.8 Å². The van der Waals surface area contributed by atoms with Gasteiger partial charge in [0.05, 0.1) is 5.92 Å². The van der Waals surface area contributed by atoms with Gasteiger partial charge in [0.1, 0.15) is 0 Å². The average molecular weight is 376 g/mol. The molecule has 0 radical (unpaired) electrons. The summed E-state index contributed by atoms with van der Waals surface area (Å²) in [6.07, 6.45) is 2.45. The van der Waals surface area contributed by atoms with E-state index < -0.39 is 5.97 Å². The maximum atomic E-state index is 11.4. The Morgan fingerprint density at radius 3 is 2.39 bits per heavy atom. The van der Waals surface area contributed by atoms with E-state index in [4.69, 9.17) is 0 Å². The lowest BCUT2D eigenvalue weighted by Crippen LogP contribution is -2.37. The van der Waals surface area contributed by atoms with Gasteiger partial charge in [-0.15, -0.1) is 0 Å². The summed E-state index contributed by atoms with van der Waals surface area (Å²) in [4.78, 5) is 12.0. The van der Waals surface area contributed by atoms with Crippen LogP contribution in [0.2, 0.25) is 0 Å². The number of halogens is 2. The third-order valence-electron chi connectivity index (χ3n) is 3.63. The van der Waals surface area contributed by atoms with E-state index >= 15 is 0 Å². The zero-order chi connectivity index (χ0) is 13.1. The molecule has 4 heteroatoms. The Hall–Kier alpha value is -0.350. The average Bonchev–Trinajstić information content (AvgIpc) is 2.34. The van der Waals surface area contributed by atoms with Crippen molar-refractivity contribution in [3.05, 3.63) is 35.9 Å². The molecule has 1 aliphatic rings. The zero-order valence-electron chi connectivity index (χ0n) is 9.93. The molecule has 98 valence electrons. The highest BCUT2D eigenvalue weighted by Crippen LogP contribution is 2.39. The van der Waals surface area contributed by atoms with Crippen LogP contribution in [0.5, 0.6) is 0 Å². The van der Waals surface area contributed by atoms with Crippen LogP contribution in [0.4, 0.5) is 0 Å². The van der Waals surface area contributed by atoms with Gasteiger partial charge in [0.2, 0.25) is 0 Å². The maximum absolute atomic E-state index is 11.4. The van der Waals surface area contributed by atoms with E-state index in [0.717, 1.165) is 12.8 Å². The number of alkyl halides is 2. The van der Waals surface area contributed by atoms with Gasteiger partial charge in [-0.2, -0.15) is 0 Å². The first-order valence-electron chi connectivity index (χ1n) is 6.12. The molecule has 1 aromatic rings. The van der Waals surface area contributed by atoms with Gasteiger partial charge < -0.3 is 5.11 Å². The van der Waals surface area contributed by atoms with Crippen molar-refractivity contribution in [3.8, 4) is 0 Å². The van der Waals surface area contributed by atoms with Gasteiger partial charge in [0.15, 0.2) is 0 Å². The third-order valence-corrected chi connectivity index (χ3v) is 6.36. The lowest BCUT2D eigenvalue weighted by molar-refractivity contribution is -0.144. The molecule has 0 heterocycles. The van der Waals surface area contributed by atoms with E-state index in [1.807, 2.05) is 18.2 Å². The molecular formula is C14H16Br2O2. The zero-order valence-corrected chi connectivity index (χ0v) is 13.1. The molecule has 0 bridgehead atoms. The fraction of sp³-hybridized carbons (Fsp3) is 0.500. The summed E-state index contributed by atoms with van der Waals surface area (Å²) in [5.41, 5.74) is 1.22. The van der Waals surface area contributed by atoms with E-state index in [0.29, 0.717) is 11.2 Å². The minimum absolute atomic E-state index is 0.211.